The molecule has 0 heterocycles. The quantitative estimate of drug-likeness (QED) is 0.129. The van der Waals surface area contributed by atoms with Gasteiger partial charge in [-0.25, -0.2) is 12.2 Å². The van der Waals surface area contributed by atoms with Crippen molar-refractivity contribution < 1.29 is 49.0 Å². The summed E-state index contributed by atoms with van der Waals surface area (Å²) in [5.41, 5.74) is 8.15. The Morgan fingerprint density at radius 3 is 1.73 bits per heavy atom. The Balaban J connectivity index is 0.000000153. The van der Waals surface area contributed by atoms with E-state index in [0.29, 0.717) is 0 Å². The maximum absolute atomic E-state index is 6.38. The molecular weight excluding hydrogens is 798 g/mol. The van der Waals surface area contributed by atoms with Crippen LogP contribution in [0.1, 0.15) is 28.7 Å². The molecule has 0 aromatic heterocycles. The van der Waals surface area contributed by atoms with Gasteiger partial charge in [0, 0.05) is 0 Å². The Morgan fingerprint density at radius 1 is 0.558 bits per heavy atom. The predicted octanol–water partition coefficient (Wildman–Crippen LogP) is 7.09. The molecule has 0 N–H and O–H groups in total. The summed E-state index contributed by atoms with van der Waals surface area (Å²) in [5, 5.41) is 11.4. The maximum atomic E-state index is 6.38. The second-order valence-corrected chi connectivity index (χ2v) is 14.4. The van der Waals surface area contributed by atoms with Crippen LogP contribution in [0.25, 0.3) is 54.2 Å². The number of hydrogen-bond acceptors (Lipinski definition) is 0. The van der Waals surface area contributed by atoms with E-state index in [4.69, 9.17) is 23.2 Å². The third-order valence-electron chi connectivity index (χ3n) is 9.46. The average molecular weight is 828 g/mol. The summed E-state index contributed by atoms with van der Waals surface area (Å²) in [5.74, 6) is 0. The monoisotopic (exact) mass is 824 g/mol. The molecule has 52 heavy (non-hydrogen) atoms. The summed E-state index contributed by atoms with van der Waals surface area (Å²) in [4.78, 5) is 0. The van der Waals surface area contributed by atoms with Crippen LogP contribution in [0.3, 0.4) is 0 Å². The summed E-state index contributed by atoms with van der Waals surface area (Å²) in [6.45, 7) is 0. The molecular formula is C47H30Cl4Zr-2. The maximum Gasteiger partial charge on any atom is -0.0240 e. The molecule has 0 saturated heterocycles. The van der Waals surface area contributed by atoms with Crippen molar-refractivity contribution in [1.82, 2.24) is 0 Å². The van der Waals surface area contributed by atoms with Gasteiger partial charge in [-0.1, -0.05) is 53.9 Å². The Bertz CT molecular complexity index is 2560. The summed E-state index contributed by atoms with van der Waals surface area (Å²) >= 11 is 14.1. The van der Waals surface area contributed by atoms with E-state index in [-0.39, 0.29) is 24.8 Å². The summed E-state index contributed by atoms with van der Waals surface area (Å²) < 4.78 is 1.31. The predicted molar refractivity (Wildman–Crippen MR) is 211 cm³/mol. The molecule has 0 unspecified atom stereocenters. The minimum Gasteiger partial charge on any atom is -1.00 e. The Kier molecular flexibility index (Phi) is 12.3. The third kappa shape index (κ3) is 7.24. The summed E-state index contributed by atoms with van der Waals surface area (Å²) in [6.07, 6.45) is 11.0. The van der Waals surface area contributed by atoms with Crippen molar-refractivity contribution in [3.8, 4) is 11.1 Å². The topological polar surface area (TPSA) is 0 Å². The SMILES string of the molecule is Clc1cccc2c([C](=[Zr+2])c3cccc4c(Cl)cccc34)cccc12.[C-]1=CC=CC1.[Cl-].[Cl-].[c-]1cccc2c1c1c(c3ccccc32)-c2ccccc2C1. The number of halogens is 4. The van der Waals surface area contributed by atoms with E-state index in [1.165, 1.54) is 93.1 Å². The largest absolute Gasteiger partial charge is 1.00 e. The molecule has 2 aliphatic rings. The number of fused-ring (bicyclic) bond motifs is 10. The van der Waals surface area contributed by atoms with Gasteiger partial charge < -0.3 is 24.8 Å². The minimum absolute atomic E-state index is 0. The van der Waals surface area contributed by atoms with Crippen LogP contribution in [0, 0.1) is 12.1 Å². The normalized spacial score (nSPS) is 11.9. The van der Waals surface area contributed by atoms with Gasteiger partial charge in [-0.3, -0.25) is 6.08 Å². The first-order valence-electron chi connectivity index (χ1n) is 16.7. The number of hydrogen-bond donors (Lipinski definition) is 0. The minimum atomic E-state index is 0. The zero-order valence-corrected chi connectivity index (χ0v) is 33.4. The number of rotatable bonds is 2. The molecule has 0 spiro atoms. The van der Waals surface area contributed by atoms with Gasteiger partial charge in [0.25, 0.3) is 0 Å². The first-order valence-corrected chi connectivity index (χ1v) is 18.7. The molecule has 252 valence electrons. The van der Waals surface area contributed by atoms with Gasteiger partial charge in [-0.15, -0.1) is 47.0 Å². The van der Waals surface area contributed by atoms with Crippen molar-refractivity contribution in [3.63, 3.8) is 0 Å². The van der Waals surface area contributed by atoms with E-state index in [2.05, 4.69) is 127 Å². The van der Waals surface area contributed by atoms with Gasteiger partial charge in [-0.05, 0) is 28.5 Å². The third-order valence-corrected chi connectivity index (χ3v) is 11.4. The van der Waals surface area contributed by atoms with E-state index in [1.54, 1.807) is 0 Å². The molecule has 0 nitrogen and oxygen atoms in total. The first-order chi connectivity index (χ1) is 24.6. The average Bonchev–Trinajstić information content (AvgIpc) is 3.88. The van der Waals surface area contributed by atoms with Gasteiger partial charge >= 0.3 is 166 Å². The van der Waals surface area contributed by atoms with Crippen molar-refractivity contribution in [2.75, 3.05) is 0 Å². The van der Waals surface area contributed by atoms with Crippen molar-refractivity contribution in [2.45, 2.75) is 12.8 Å². The van der Waals surface area contributed by atoms with Crippen molar-refractivity contribution in [2.24, 2.45) is 0 Å². The fraction of sp³-hybridized carbons (Fsp3) is 0.0426. The van der Waals surface area contributed by atoms with Crippen molar-refractivity contribution in [1.29, 1.82) is 0 Å². The van der Waals surface area contributed by atoms with Crippen LogP contribution < -0.4 is 24.8 Å². The van der Waals surface area contributed by atoms with Gasteiger partial charge in [0.2, 0.25) is 0 Å². The number of benzene rings is 8. The standard InChI is InChI=1S/C21H12Cl2.C21H13.C5H5.2ClH.Zr/c22-20-11-3-7-16-14(5-1-9-18(16)20)13-15-6-2-10-19-17(15)8-4-12-21(19)23;1-2-8-15-14(7-1)13-20-18-11-4-3-9-16(18)17-10-5-6-12-19(17)21(15)20;1-2-4-5-3-1;;;/h1-12H;1-10,12H,13H2;1-3H,4H2;2*1H;/q;2*-1;;;+2/p-2. The molecule has 0 saturated carbocycles. The second kappa shape index (κ2) is 16.9. The smallest absolute Gasteiger partial charge is 0.0240 e. The Labute approximate surface area is 341 Å². The molecule has 8 aromatic rings. The molecule has 5 heteroatoms. The van der Waals surface area contributed by atoms with Crippen molar-refractivity contribution in [3.05, 3.63) is 202 Å². The van der Waals surface area contributed by atoms with Crippen LogP contribution >= 0.6 is 23.2 Å². The molecule has 8 aromatic carbocycles. The molecule has 0 amide bonds. The molecule has 0 aliphatic heterocycles. The van der Waals surface area contributed by atoms with E-state index in [1.807, 2.05) is 42.5 Å². The van der Waals surface area contributed by atoms with Gasteiger partial charge in [-0.2, -0.15) is 6.08 Å². The summed E-state index contributed by atoms with van der Waals surface area (Å²) in [6, 6.07) is 52.2. The van der Waals surface area contributed by atoms with Gasteiger partial charge in [0.15, 0.2) is 0 Å². The van der Waals surface area contributed by atoms with Gasteiger partial charge in [0.1, 0.15) is 0 Å². The molecule has 2 aliphatic carbocycles. The Morgan fingerprint density at radius 2 is 1.12 bits per heavy atom. The van der Waals surface area contributed by atoms with Crippen LogP contribution in [0.15, 0.2) is 158 Å². The van der Waals surface area contributed by atoms with Crippen LogP contribution in [0.4, 0.5) is 0 Å². The van der Waals surface area contributed by atoms with Crippen LogP contribution in [-0.2, 0) is 30.7 Å². The van der Waals surface area contributed by atoms with Crippen LogP contribution in [0.2, 0.25) is 10.0 Å². The molecule has 10 rings (SSSR count). The fourth-order valence-electron chi connectivity index (χ4n) is 7.19. The van der Waals surface area contributed by atoms with E-state index in [9.17, 15) is 0 Å². The van der Waals surface area contributed by atoms with E-state index < -0.39 is 0 Å². The van der Waals surface area contributed by atoms with Gasteiger partial charge in [0.05, 0.1) is 0 Å². The zero-order valence-electron chi connectivity index (χ0n) is 27.9. The number of allylic oxidation sites excluding steroid dienone is 4. The first kappa shape index (κ1) is 37.9. The van der Waals surface area contributed by atoms with E-state index in [0.717, 1.165) is 33.7 Å². The molecule has 0 fully saturated rings. The Hall–Kier alpha value is -3.81. The summed E-state index contributed by atoms with van der Waals surface area (Å²) in [7, 11) is 0. The molecule has 0 bridgehead atoms. The second-order valence-electron chi connectivity index (χ2n) is 12.4. The van der Waals surface area contributed by atoms with Crippen molar-refractivity contribution >= 4 is 69.5 Å². The molecule has 0 radical (unpaired) electrons. The van der Waals surface area contributed by atoms with Crippen LogP contribution in [0.5, 0.6) is 0 Å². The van der Waals surface area contributed by atoms with Crippen LogP contribution in [-0.4, -0.2) is 3.21 Å². The zero-order chi connectivity index (χ0) is 34.0. The molecule has 0 atom stereocenters. The fourth-order valence-corrected chi connectivity index (χ4v) is 8.74. The van der Waals surface area contributed by atoms with E-state index >= 15 is 0 Å².